The lowest BCUT2D eigenvalue weighted by atomic mass is 10.0. The molecule has 0 bridgehead atoms. The second-order valence-corrected chi connectivity index (χ2v) is 7.43. The molecule has 0 fully saturated rings. The van der Waals surface area contributed by atoms with Crippen molar-refractivity contribution >= 4 is 21.4 Å². The van der Waals surface area contributed by atoms with Crippen molar-refractivity contribution in [3.05, 3.63) is 11.6 Å². The first-order chi connectivity index (χ1) is 7.92. The molecule has 0 aliphatic heterocycles. The zero-order valence-electron chi connectivity index (χ0n) is 10.5. The molecule has 1 aromatic rings. The Morgan fingerprint density at radius 1 is 1.35 bits per heavy atom. The van der Waals surface area contributed by atoms with Crippen molar-refractivity contribution < 1.29 is 8.42 Å². The van der Waals surface area contributed by atoms with Crippen molar-refractivity contribution in [2.75, 3.05) is 0 Å². The molecule has 0 saturated heterocycles. The van der Waals surface area contributed by atoms with Crippen molar-refractivity contribution in [2.24, 2.45) is 5.92 Å². The van der Waals surface area contributed by atoms with Gasteiger partial charge < -0.3 is 0 Å². The highest BCUT2D eigenvalue weighted by atomic mass is 32.2. The fourth-order valence-corrected chi connectivity index (χ4v) is 3.68. The average molecular weight is 276 g/mol. The monoisotopic (exact) mass is 276 g/mol. The molecule has 1 rings (SSSR count). The Kier molecular flexibility index (Phi) is 5.55. The summed E-state index contributed by atoms with van der Waals surface area (Å²) < 4.78 is 26.5. The Bertz CT molecular complexity index is 413. The lowest BCUT2D eigenvalue weighted by Gasteiger charge is -2.13. The van der Waals surface area contributed by atoms with Crippen LogP contribution in [0.2, 0.25) is 0 Å². The van der Waals surface area contributed by atoms with E-state index in [1.165, 1.54) is 6.20 Å². The van der Waals surface area contributed by atoms with E-state index >= 15 is 0 Å². The Morgan fingerprint density at radius 3 is 2.59 bits per heavy atom. The number of rotatable bonds is 7. The fourth-order valence-electron chi connectivity index (χ4n) is 1.55. The highest BCUT2D eigenvalue weighted by molar-refractivity contribution is 7.91. The van der Waals surface area contributed by atoms with Crippen LogP contribution in [-0.4, -0.2) is 19.4 Å². The van der Waals surface area contributed by atoms with Gasteiger partial charge in [-0.05, 0) is 19.3 Å². The van der Waals surface area contributed by atoms with Gasteiger partial charge in [-0.15, -0.1) is 11.3 Å². The summed E-state index contributed by atoms with van der Waals surface area (Å²) in [5, 5.41) is 1.66. The van der Waals surface area contributed by atoms with E-state index < -0.39 is 10.0 Å². The molecule has 0 radical (unpaired) electrons. The molecule has 0 aromatic carbocycles. The van der Waals surface area contributed by atoms with Gasteiger partial charge in [0.05, 0.1) is 0 Å². The molecule has 0 spiro atoms. The molecule has 0 aliphatic rings. The molecule has 0 saturated carbocycles. The van der Waals surface area contributed by atoms with Crippen molar-refractivity contribution in [1.29, 1.82) is 0 Å². The normalized spacial score (nSPS) is 14.1. The average Bonchev–Trinajstić information content (AvgIpc) is 2.68. The predicted molar refractivity (Wildman–Crippen MR) is 70.6 cm³/mol. The molecule has 1 aromatic heterocycles. The zero-order valence-corrected chi connectivity index (χ0v) is 12.1. The number of hydrogen-bond donors (Lipinski definition) is 1. The van der Waals surface area contributed by atoms with Gasteiger partial charge in [0.1, 0.15) is 0 Å². The van der Waals surface area contributed by atoms with Crippen LogP contribution in [-0.2, 0) is 10.0 Å². The quantitative estimate of drug-likeness (QED) is 0.833. The van der Waals surface area contributed by atoms with Gasteiger partial charge in [-0.1, -0.05) is 26.7 Å². The summed E-state index contributed by atoms with van der Waals surface area (Å²) in [7, 11) is -3.41. The Morgan fingerprint density at radius 2 is 2.06 bits per heavy atom. The number of aromatic nitrogens is 1. The number of thiazole rings is 1. The molecular formula is C11H20N2O2S2. The minimum atomic E-state index is -3.41. The highest BCUT2D eigenvalue weighted by Crippen LogP contribution is 2.14. The van der Waals surface area contributed by atoms with E-state index in [1.54, 1.807) is 5.38 Å². The van der Waals surface area contributed by atoms with Crippen LogP contribution in [0.15, 0.2) is 15.9 Å². The molecule has 1 heterocycles. The summed E-state index contributed by atoms with van der Waals surface area (Å²) in [6.07, 6.45) is 4.54. The van der Waals surface area contributed by atoms with Crippen LogP contribution in [0.1, 0.15) is 40.0 Å². The van der Waals surface area contributed by atoms with E-state index in [0.29, 0.717) is 5.92 Å². The molecule has 4 nitrogen and oxygen atoms in total. The van der Waals surface area contributed by atoms with Gasteiger partial charge in [0.25, 0.3) is 10.0 Å². The first-order valence-corrected chi connectivity index (χ1v) is 8.20. The van der Waals surface area contributed by atoms with Gasteiger partial charge in [-0.2, -0.15) is 0 Å². The van der Waals surface area contributed by atoms with Gasteiger partial charge in [0.15, 0.2) is 0 Å². The molecule has 1 atom stereocenters. The van der Waals surface area contributed by atoms with Crippen molar-refractivity contribution in [2.45, 2.75) is 50.4 Å². The van der Waals surface area contributed by atoms with E-state index in [4.69, 9.17) is 0 Å². The van der Waals surface area contributed by atoms with Gasteiger partial charge >= 0.3 is 0 Å². The summed E-state index contributed by atoms with van der Waals surface area (Å²) in [5.41, 5.74) is 0. The van der Waals surface area contributed by atoms with Crippen LogP contribution in [0.3, 0.4) is 0 Å². The van der Waals surface area contributed by atoms with Crippen LogP contribution >= 0.6 is 11.3 Å². The predicted octanol–water partition coefficient (Wildman–Crippen LogP) is 2.64. The lowest BCUT2D eigenvalue weighted by molar-refractivity contribution is 0.488. The Balaban J connectivity index is 2.43. The maximum absolute atomic E-state index is 11.8. The second-order valence-electron chi connectivity index (χ2n) is 4.65. The molecule has 98 valence electrons. The number of sulfonamides is 1. The number of nitrogens with zero attached hydrogens (tertiary/aromatic N) is 1. The first-order valence-electron chi connectivity index (χ1n) is 5.83. The van der Waals surface area contributed by atoms with E-state index in [-0.39, 0.29) is 10.4 Å². The largest absolute Gasteiger partial charge is 0.268 e. The smallest absolute Gasteiger partial charge is 0.233 e. The third-order valence-corrected chi connectivity index (χ3v) is 5.20. The van der Waals surface area contributed by atoms with Gasteiger partial charge in [0, 0.05) is 17.6 Å². The van der Waals surface area contributed by atoms with Crippen LogP contribution in [0.5, 0.6) is 0 Å². The highest BCUT2D eigenvalue weighted by Gasteiger charge is 2.19. The summed E-state index contributed by atoms with van der Waals surface area (Å²) >= 11 is 1.14. The van der Waals surface area contributed by atoms with E-state index in [0.717, 1.165) is 30.6 Å². The van der Waals surface area contributed by atoms with Gasteiger partial charge in [0.2, 0.25) is 4.34 Å². The minimum Gasteiger partial charge on any atom is -0.233 e. The summed E-state index contributed by atoms with van der Waals surface area (Å²) in [5.74, 6) is 0.665. The van der Waals surface area contributed by atoms with Gasteiger partial charge in [-0.25, -0.2) is 18.1 Å². The fraction of sp³-hybridized carbons (Fsp3) is 0.727. The standard InChI is InChI=1S/C11H20N2O2S2/c1-9(2)5-4-6-10(3)13-17(14,15)11-12-7-8-16-11/h7-10,13H,4-6H2,1-3H3. The first kappa shape index (κ1) is 14.6. The Hall–Kier alpha value is -0.460. The molecule has 1 N–H and O–H groups in total. The summed E-state index contributed by atoms with van der Waals surface area (Å²) in [6.45, 7) is 6.24. The maximum atomic E-state index is 11.8. The van der Waals surface area contributed by atoms with E-state index in [2.05, 4.69) is 23.6 Å². The molecule has 6 heteroatoms. The van der Waals surface area contributed by atoms with Crippen LogP contribution < -0.4 is 4.72 Å². The molecular weight excluding hydrogens is 256 g/mol. The molecule has 0 amide bonds. The maximum Gasteiger partial charge on any atom is 0.268 e. The SMILES string of the molecule is CC(C)CCCC(C)NS(=O)(=O)c1nccs1. The van der Waals surface area contributed by atoms with Crippen molar-refractivity contribution in [3.63, 3.8) is 0 Å². The zero-order chi connectivity index (χ0) is 12.9. The van der Waals surface area contributed by atoms with Crippen LogP contribution in [0, 0.1) is 5.92 Å². The topological polar surface area (TPSA) is 59.1 Å². The lowest BCUT2D eigenvalue weighted by Crippen LogP contribution is -2.32. The van der Waals surface area contributed by atoms with Crippen LogP contribution in [0.25, 0.3) is 0 Å². The van der Waals surface area contributed by atoms with E-state index in [9.17, 15) is 8.42 Å². The second kappa shape index (κ2) is 6.47. The minimum absolute atomic E-state index is 0.0392. The van der Waals surface area contributed by atoms with Crippen LogP contribution in [0.4, 0.5) is 0 Å². The number of nitrogens with one attached hydrogen (secondary N) is 1. The summed E-state index contributed by atoms with van der Waals surface area (Å²) in [4.78, 5) is 3.82. The van der Waals surface area contributed by atoms with Crippen molar-refractivity contribution in [3.8, 4) is 0 Å². The molecule has 17 heavy (non-hydrogen) atoms. The number of hydrogen-bond acceptors (Lipinski definition) is 4. The molecule has 1 unspecified atom stereocenters. The van der Waals surface area contributed by atoms with E-state index in [1.807, 2.05) is 6.92 Å². The molecule has 0 aliphatic carbocycles. The Labute approximate surface area is 108 Å². The third kappa shape index (κ3) is 5.14. The summed E-state index contributed by atoms with van der Waals surface area (Å²) in [6, 6.07) is -0.0392. The third-order valence-electron chi connectivity index (χ3n) is 2.41. The van der Waals surface area contributed by atoms with Gasteiger partial charge in [-0.3, -0.25) is 0 Å². The van der Waals surface area contributed by atoms with Crippen molar-refractivity contribution in [1.82, 2.24) is 9.71 Å².